The van der Waals surface area contributed by atoms with Gasteiger partial charge in [0.1, 0.15) is 5.69 Å². The monoisotopic (exact) mass is 368 g/mol. The lowest BCUT2D eigenvalue weighted by molar-refractivity contribution is -0.116. The average Bonchev–Trinajstić information content (AvgIpc) is 3.26. The molecule has 0 aliphatic heterocycles. The molecule has 3 N–H and O–H groups in total. The van der Waals surface area contributed by atoms with Crippen LogP contribution < -0.4 is 11.1 Å². The predicted octanol–water partition coefficient (Wildman–Crippen LogP) is 1.93. The van der Waals surface area contributed by atoms with E-state index in [1.165, 1.54) is 0 Å². The second-order valence-corrected chi connectivity index (χ2v) is 5.98. The van der Waals surface area contributed by atoms with E-state index in [0.717, 1.165) is 11.4 Å². The molecule has 0 aliphatic carbocycles. The van der Waals surface area contributed by atoms with Gasteiger partial charge in [0.2, 0.25) is 17.7 Å². The summed E-state index contributed by atoms with van der Waals surface area (Å²) in [5.74, 6) is 0.0522. The Hall–Kier alpha value is -3.49. The lowest BCUT2D eigenvalue weighted by Crippen LogP contribution is -2.13. The van der Waals surface area contributed by atoms with E-state index >= 15 is 0 Å². The van der Waals surface area contributed by atoms with Crippen LogP contribution in [0.15, 0.2) is 34.7 Å². The molecule has 1 aromatic carbocycles. The van der Waals surface area contributed by atoms with Crippen molar-refractivity contribution in [1.82, 2.24) is 20.0 Å². The van der Waals surface area contributed by atoms with E-state index in [1.807, 2.05) is 19.9 Å². The standard InChI is InChI=1S/C18H20N6O3/c1-3-24-14(10-11(2)23-24)18-22-21-16(27-18)9-8-15(25)20-13-6-4-12(5-7-13)17(19)26/h4-7,10H,3,8-9H2,1-2H3,(H2,19,26)(H,20,25). The van der Waals surface area contributed by atoms with Crippen molar-refractivity contribution in [3.63, 3.8) is 0 Å². The molecule has 2 heterocycles. The van der Waals surface area contributed by atoms with E-state index in [0.29, 0.717) is 36.0 Å². The average molecular weight is 368 g/mol. The molecule has 9 nitrogen and oxygen atoms in total. The Balaban J connectivity index is 1.58. The van der Waals surface area contributed by atoms with Crippen molar-refractivity contribution < 1.29 is 14.0 Å². The van der Waals surface area contributed by atoms with Crippen LogP contribution in [0.25, 0.3) is 11.6 Å². The van der Waals surface area contributed by atoms with Gasteiger partial charge in [-0.25, -0.2) is 0 Å². The van der Waals surface area contributed by atoms with Crippen LogP contribution in [-0.2, 0) is 17.8 Å². The first-order valence-corrected chi connectivity index (χ1v) is 8.53. The van der Waals surface area contributed by atoms with E-state index in [-0.39, 0.29) is 12.3 Å². The van der Waals surface area contributed by atoms with Crippen molar-refractivity contribution in [1.29, 1.82) is 0 Å². The predicted molar refractivity (Wildman–Crippen MR) is 97.8 cm³/mol. The van der Waals surface area contributed by atoms with Crippen molar-refractivity contribution in [3.8, 4) is 11.6 Å². The van der Waals surface area contributed by atoms with Crippen LogP contribution in [0.4, 0.5) is 5.69 Å². The Morgan fingerprint density at radius 2 is 1.96 bits per heavy atom. The highest BCUT2D eigenvalue weighted by atomic mass is 16.4. The van der Waals surface area contributed by atoms with Crippen LogP contribution in [0.1, 0.15) is 35.3 Å². The number of hydrogen-bond donors (Lipinski definition) is 2. The number of carbonyl (C=O) groups is 2. The molecule has 2 aromatic heterocycles. The highest BCUT2D eigenvalue weighted by Crippen LogP contribution is 2.19. The second kappa shape index (κ2) is 7.81. The zero-order valence-electron chi connectivity index (χ0n) is 15.1. The summed E-state index contributed by atoms with van der Waals surface area (Å²) in [4.78, 5) is 23.1. The van der Waals surface area contributed by atoms with Gasteiger partial charge in [0.05, 0.1) is 5.69 Å². The molecule has 0 unspecified atom stereocenters. The van der Waals surface area contributed by atoms with Crippen LogP contribution >= 0.6 is 0 Å². The molecule has 0 radical (unpaired) electrons. The molecule has 3 aromatic rings. The molecular formula is C18H20N6O3. The molecule has 3 rings (SSSR count). The first-order chi connectivity index (χ1) is 13.0. The van der Waals surface area contributed by atoms with Gasteiger partial charge >= 0.3 is 0 Å². The van der Waals surface area contributed by atoms with E-state index < -0.39 is 5.91 Å². The maximum Gasteiger partial charge on any atom is 0.265 e. The molecule has 0 saturated heterocycles. The smallest absolute Gasteiger partial charge is 0.265 e. The molecule has 0 saturated carbocycles. The Morgan fingerprint density at radius 3 is 2.63 bits per heavy atom. The summed E-state index contributed by atoms with van der Waals surface area (Å²) in [6.45, 7) is 4.57. The van der Waals surface area contributed by atoms with Gasteiger partial charge in [0.15, 0.2) is 0 Å². The van der Waals surface area contributed by atoms with Crippen molar-refractivity contribution >= 4 is 17.5 Å². The number of amides is 2. The number of nitrogens with two attached hydrogens (primary N) is 1. The minimum atomic E-state index is -0.514. The molecule has 9 heteroatoms. The number of hydrogen-bond acceptors (Lipinski definition) is 6. The number of aryl methyl sites for hydroxylation is 3. The summed E-state index contributed by atoms with van der Waals surface area (Å²) in [5.41, 5.74) is 7.78. The number of nitrogens with one attached hydrogen (secondary N) is 1. The normalized spacial score (nSPS) is 10.7. The number of anilines is 1. The topological polar surface area (TPSA) is 129 Å². The number of aromatic nitrogens is 4. The summed E-state index contributed by atoms with van der Waals surface area (Å²) in [7, 11) is 0. The fourth-order valence-corrected chi connectivity index (χ4v) is 2.58. The summed E-state index contributed by atoms with van der Waals surface area (Å²) >= 11 is 0. The molecule has 0 atom stereocenters. The van der Waals surface area contributed by atoms with Gasteiger partial charge in [-0.2, -0.15) is 5.10 Å². The Bertz CT molecular complexity index is 958. The van der Waals surface area contributed by atoms with Crippen LogP contribution in [0.5, 0.6) is 0 Å². The second-order valence-electron chi connectivity index (χ2n) is 5.98. The Kier molecular flexibility index (Phi) is 5.30. The van der Waals surface area contributed by atoms with Gasteiger partial charge in [0, 0.05) is 30.6 Å². The third-order valence-electron chi connectivity index (χ3n) is 3.91. The third-order valence-corrected chi connectivity index (χ3v) is 3.91. The van der Waals surface area contributed by atoms with E-state index in [1.54, 1.807) is 28.9 Å². The number of nitrogens with zero attached hydrogens (tertiary/aromatic N) is 4. The molecule has 0 fully saturated rings. The van der Waals surface area contributed by atoms with Crippen LogP contribution in [0, 0.1) is 6.92 Å². The first-order valence-electron chi connectivity index (χ1n) is 8.53. The van der Waals surface area contributed by atoms with Gasteiger partial charge in [-0.3, -0.25) is 14.3 Å². The van der Waals surface area contributed by atoms with Crippen LogP contribution in [0.2, 0.25) is 0 Å². The van der Waals surface area contributed by atoms with Crippen molar-refractivity contribution in [3.05, 3.63) is 47.5 Å². The lowest BCUT2D eigenvalue weighted by atomic mass is 10.2. The zero-order valence-corrected chi connectivity index (χ0v) is 15.1. The fourth-order valence-electron chi connectivity index (χ4n) is 2.58. The highest BCUT2D eigenvalue weighted by Gasteiger charge is 2.15. The SMILES string of the molecule is CCn1nc(C)cc1-c1nnc(CCC(=O)Nc2ccc(C(N)=O)cc2)o1. The molecule has 0 aliphatic rings. The number of benzene rings is 1. The summed E-state index contributed by atoms with van der Waals surface area (Å²) in [5, 5.41) is 15.1. The summed E-state index contributed by atoms with van der Waals surface area (Å²) < 4.78 is 7.44. The lowest BCUT2D eigenvalue weighted by Gasteiger charge is -2.04. The van der Waals surface area contributed by atoms with Gasteiger partial charge in [-0.05, 0) is 44.2 Å². The zero-order chi connectivity index (χ0) is 19.4. The largest absolute Gasteiger partial charge is 0.419 e. The molecule has 140 valence electrons. The van der Waals surface area contributed by atoms with Gasteiger partial charge in [0.25, 0.3) is 5.89 Å². The molecular weight excluding hydrogens is 348 g/mol. The van der Waals surface area contributed by atoms with Gasteiger partial charge < -0.3 is 15.5 Å². The van der Waals surface area contributed by atoms with Gasteiger partial charge in [-0.1, -0.05) is 0 Å². The Labute approximate surface area is 155 Å². The minimum Gasteiger partial charge on any atom is -0.419 e. The van der Waals surface area contributed by atoms with E-state index in [9.17, 15) is 9.59 Å². The van der Waals surface area contributed by atoms with Crippen LogP contribution in [0.3, 0.4) is 0 Å². The van der Waals surface area contributed by atoms with E-state index in [2.05, 4.69) is 20.6 Å². The Morgan fingerprint density at radius 1 is 1.22 bits per heavy atom. The highest BCUT2D eigenvalue weighted by molar-refractivity contribution is 5.94. The van der Waals surface area contributed by atoms with Crippen molar-refractivity contribution in [2.24, 2.45) is 5.73 Å². The van der Waals surface area contributed by atoms with Crippen molar-refractivity contribution in [2.75, 3.05) is 5.32 Å². The summed E-state index contributed by atoms with van der Waals surface area (Å²) in [6.07, 6.45) is 0.503. The van der Waals surface area contributed by atoms with Crippen LogP contribution in [-0.4, -0.2) is 31.8 Å². The molecule has 27 heavy (non-hydrogen) atoms. The van der Waals surface area contributed by atoms with Gasteiger partial charge in [-0.15, -0.1) is 10.2 Å². The molecule has 2 amide bonds. The fraction of sp³-hybridized carbons (Fsp3) is 0.278. The molecule has 0 bridgehead atoms. The number of primary amides is 1. The number of rotatable bonds is 7. The summed E-state index contributed by atoms with van der Waals surface area (Å²) in [6, 6.07) is 8.24. The van der Waals surface area contributed by atoms with E-state index in [4.69, 9.17) is 10.2 Å². The maximum absolute atomic E-state index is 12.1. The van der Waals surface area contributed by atoms with Crippen molar-refractivity contribution in [2.45, 2.75) is 33.2 Å². The maximum atomic E-state index is 12.1. The number of carbonyl (C=O) groups excluding carboxylic acids is 2. The molecule has 0 spiro atoms. The third kappa shape index (κ3) is 4.38. The first kappa shape index (κ1) is 18.3. The minimum absolute atomic E-state index is 0.186. The quantitative estimate of drug-likeness (QED) is 0.655.